The van der Waals surface area contributed by atoms with E-state index in [2.05, 4.69) is 54.4 Å². The Labute approximate surface area is 493 Å². The molecule has 0 saturated carbocycles. The number of primary amides is 1. The van der Waals surface area contributed by atoms with Gasteiger partial charge in [0.2, 0.25) is 23.6 Å². The van der Waals surface area contributed by atoms with Gasteiger partial charge in [-0.05, 0) is 76.0 Å². The van der Waals surface area contributed by atoms with E-state index in [4.69, 9.17) is 45.8 Å². The number of nitrogens with two attached hydrogens (primary N) is 1. The zero-order valence-corrected chi connectivity index (χ0v) is 49.9. The zero-order chi connectivity index (χ0) is 61.5. The quantitative estimate of drug-likeness (QED) is 0.0152. The number of hydrogen-bond donors (Lipinski definition) is 8. The van der Waals surface area contributed by atoms with Crippen molar-refractivity contribution in [3.8, 4) is 5.75 Å². The molecule has 456 valence electrons. The standard InChI is InChI=1S/C56H74BrClF2N8O15/c1-29(2)47(66-44(69)18-11-10-12-20-80-51(73)31(4)28-57)50(72)63-36(16-14-19-62-52(61)74)49(71)64-37-24-35(60)38(25-34(37)59)65-53(75)82-43-26-45(70)68(7)39-22-33(23-40(78-8)46(39)58)21-30(3)15-13-17-42(79-9)56(77)27-41(81-54(76)67-56)32(5)48-55(43,6)83-48/h13,15,17,22-25,29,32,36,41-43,47-48,77H,4,10-12,14,16,18-21,26-28H2,1-3,5-9H3,(H,63,72)(H,64,71)(H,65,75)(H,66,69)(H,67,76)(H3,61,62,74)/b17-13+,30-15+/t32-,36+,41+,42-,43+,47+,48+,55+,56+/m1/s1. The molecule has 9 atom stereocenters. The fraction of sp³-hybridized carbons (Fsp3) is 0.536. The molecule has 2 aromatic carbocycles. The summed E-state index contributed by atoms with van der Waals surface area (Å²) in [7, 11) is 4.23. The molecule has 0 spiro atoms. The normalized spacial score (nSPS) is 24.2. The fourth-order valence-electron chi connectivity index (χ4n) is 9.55. The van der Waals surface area contributed by atoms with Crippen molar-refractivity contribution >= 4 is 92.4 Å². The third-order valence-corrected chi connectivity index (χ3v) is 15.4. The second kappa shape index (κ2) is 30.1. The Kier molecular flexibility index (Phi) is 24.3. The number of unbranched alkanes of at least 4 members (excludes halogenated alkanes) is 2. The number of alkyl halides is 1. The summed E-state index contributed by atoms with van der Waals surface area (Å²) in [5, 5.41) is 26.7. The second-order valence-corrected chi connectivity index (χ2v) is 22.0. The van der Waals surface area contributed by atoms with Gasteiger partial charge in [-0.1, -0.05) is 78.7 Å². The van der Waals surface area contributed by atoms with Crippen LogP contribution < -0.4 is 47.3 Å². The van der Waals surface area contributed by atoms with Gasteiger partial charge in [0.05, 0.1) is 43.3 Å². The molecular weight excluding hydrogens is 1180 g/mol. The number of benzene rings is 2. The van der Waals surface area contributed by atoms with Crippen LogP contribution >= 0.6 is 27.5 Å². The van der Waals surface area contributed by atoms with Gasteiger partial charge in [0.1, 0.15) is 58.4 Å². The van der Waals surface area contributed by atoms with Gasteiger partial charge in [0.15, 0.2) is 5.72 Å². The third-order valence-electron chi connectivity index (χ3n) is 14.3. The van der Waals surface area contributed by atoms with E-state index in [0.717, 1.165) is 5.57 Å². The van der Waals surface area contributed by atoms with Gasteiger partial charge in [-0.25, -0.2) is 28.0 Å². The number of epoxide rings is 1. The summed E-state index contributed by atoms with van der Waals surface area (Å²) in [4.78, 5) is 106. The van der Waals surface area contributed by atoms with Gasteiger partial charge in [-0.15, -0.1) is 0 Å². The average Bonchev–Trinajstić information content (AvgIpc) is 2.52. The van der Waals surface area contributed by atoms with Crippen molar-refractivity contribution < 1.29 is 80.7 Å². The molecule has 2 fully saturated rings. The number of carbonyl (C=O) groups is 8. The van der Waals surface area contributed by atoms with Crippen LogP contribution in [0.25, 0.3) is 0 Å². The van der Waals surface area contributed by atoms with E-state index in [1.807, 2.05) is 6.92 Å². The molecule has 23 nitrogen and oxygen atoms in total. The Balaban J connectivity index is 1.35. The minimum Gasteiger partial charge on any atom is -0.495 e. The number of esters is 1. The highest BCUT2D eigenvalue weighted by Crippen LogP contribution is 2.49. The average molecular weight is 1250 g/mol. The number of anilines is 3. The number of aliphatic hydroxyl groups is 1. The highest BCUT2D eigenvalue weighted by Gasteiger charge is 2.64. The SMILES string of the molecule is C=C(CBr)C(=O)OCCCCCC(=O)N[C@H](C(=O)N[C@@H](CCCNC(N)=O)C(=O)Nc1cc(F)c(NC(=O)O[C@H]2CC(=O)N(C)c3cc(cc(OC)c3Cl)C/C(C)=C/C=C/[C@@H](OC)[C@@]3(O)C[C@H](OC(=O)N3)[C@@H](C)[C@@H]3O[C@@]23C)cc1F)C(C)C. The van der Waals surface area contributed by atoms with Crippen LogP contribution in [0.15, 0.2) is 60.2 Å². The van der Waals surface area contributed by atoms with Crippen molar-refractivity contribution in [2.75, 3.05) is 55.3 Å². The molecular formula is C56H74BrClF2N8O15. The van der Waals surface area contributed by atoms with Gasteiger partial charge in [-0.3, -0.25) is 29.8 Å². The van der Waals surface area contributed by atoms with Crippen LogP contribution in [0.1, 0.15) is 91.5 Å². The number of nitrogens with zero attached hydrogens (tertiary/aromatic N) is 1. The molecule has 3 aliphatic heterocycles. The van der Waals surface area contributed by atoms with E-state index in [1.165, 1.54) is 26.2 Å². The monoisotopic (exact) mass is 1250 g/mol. The first-order valence-corrected chi connectivity index (χ1v) is 28.3. The van der Waals surface area contributed by atoms with Crippen LogP contribution in [0, 0.1) is 23.5 Å². The first-order valence-electron chi connectivity index (χ1n) is 26.8. The molecule has 4 bridgehead atoms. The van der Waals surface area contributed by atoms with Crippen LogP contribution in [0.3, 0.4) is 0 Å². The number of urea groups is 1. The Morgan fingerprint density at radius 1 is 1.01 bits per heavy atom. The maximum Gasteiger partial charge on any atom is 0.412 e. The van der Waals surface area contributed by atoms with Crippen LogP contribution in [-0.4, -0.2) is 140 Å². The maximum atomic E-state index is 16.0. The molecule has 2 aromatic rings. The largest absolute Gasteiger partial charge is 0.495 e. The predicted molar refractivity (Wildman–Crippen MR) is 306 cm³/mol. The molecule has 8 amide bonds. The van der Waals surface area contributed by atoms with E-state index in [0.29, 0.717) is 43.4 Å². The maximum absolute atomic E-state index is 16.0. The van der Waals surface area contributed by atoms with Gasteiger partial charge in [0, 0.05) is 62.5 Å². The molecule has 2 saturated heterocycles. The van der Waals surface area contributed by atoms with E-state index in [-0.39, 0.29) is 66.2 Å². The summed E-state index contributed by atoms with van der Waals surface area (Å²) in [6.45, 7) is 12.1. The number of halogens is 4. The lowest BCUT2D eigenvalue weighted by Crippen LogP contribution is -2.63. The van der Waals surface area contributed by atoms with Crippen molar-refractivity contribution in [3.05, 3.63) is 82.4 Å². The molecule has 27 heteroatoms. The van der Waals surface area contributed by atoms with E-state index < -0.39 is 137 Å². The number of allylic oxidation sites excluding steroid dienone is 3. The molecule has 0 aromatic heterocycles. The van der Waals surface area contributed by atoms with Gasteiger partial charge in [0.25, 0.3) is 0 Å². The second-order valence-electron chi connectivity index (χ2n) is 21.1. The Hall–Kier alpha value is -6.87. The zero-order valence-electron chi connectivity index (χ0n) is 47.6. The van der Waals surface area contributed by atoms with Crippen molar-refractivity contribution in [3.63, 3.8) is 0 Å². The molecule has 3 aliphatic rings. The molecule has 3 heterocycles. The lowest BCUT2D eigenvalue weighted by Gasteiger charge is -2.42. The number of nitrogens with one attached hydrogen (secondary N) is 6. The van der Waals surface area contributed by atoms with Crippen LogP contribution in [0.2, 0.25) is 5.02 Å². The highest BCUT2D eigenvalue weighted by atomic mass is 79.9. The summed E-state index contributed by atoms with van der Waals surface area (Å²) in [6.07, 6.45) is -0.767. The predicted octanol–water partition coefficient (Wildman–Crippen LogP) is 6.72. The molecule has 83 heavy (non-hydrogen) atoms. The number of hydrogen-bond acceptors (Lipinski definition) is 15. The van der Waals surface area contributed by atoms with Crippen molar-refractivity contribution in [2.45, 2.75) is 140 Å². The van der Waals surface area contributed by atoms with Crippen LogP contribution in [-0.2, 0) is 54.1 Å². The van der Waals surface area contributed by atoms with E-state index in [9.17, 15) is 43.5 Å². The summed E-state index contributed by atoms with van der Waals surface area (Å²) in [5.74, 6) is -6.89. The third kappa shape index (κ3) is 18.3. The number of methoxy groups -OCH3 is 2. The Morgan fingerprint density at radius 2 is 1.70 bits per heavy atom. The van der Waals surface area contributed by atoms with Crippen LogP contribution in [0.4, 0.5) is 40.2 Å². The fourth-order valence-corrected chi connectivity index (χ4v) is 10.1. The molecule has 0 aliphatic carbocycles. The number of alkyl carbamates (subject to hydrolysis) is 1. The van der Waals surface area contributed by atoms with E-state index >= 15 is 8.78 Å². The minimum absolute atomic E-state index is 0.0274. The topological polar surface area (TPSA) is 317 Å². The Bertz CT molecular complexity index is 2830. The summed E-state index contributed by atoms with van der Waals surface area (Å²) < 4.78 is 66.1. The smallest absolute Gasteiger partial charge is 0.412 e. The van der Waals surface area contributed by atoms with Gasteiger partial charge < -0.3 is 65.4 Å². The van der Waals surface area contributed by atoms with Gasteiger partial charge in [-0.2, -0.15) is 0 Å². The van der Waals surface area contributed by atoms with Crippen molar-refractivity contribution in [1.82, 2.24) is 21.3 Å². The molecule has 5 rings (SSSR count). The number of ether oxygens (including phenoxy) is 6. The first-order chi connectivity index (χ1) is 39.1. The number of rotatable bonds is 22. The molecule has 0 radical (unpaired) electrons. The number of fused-ring (bicyclic) bond motifs is 5. The molecule has 9 N–H and O–H groups in total. The van der Waals surface area contributed by atoms with Crippen LogP contribution in [0.5, 0.6) is 5.75 Å². The summed E-state index contributed by atoms with van der Waals surface area (Å²) in [5.41, 5.74) is 2.31. The lowest BCUT2D eigenvalue weighted by molar-refractivity contribution is -0.142. The Morgan fingerprint density at radius 3 is 2.34 bits per heavy atom. The first kappa shape index (κ1) is 66.9. The van der Waals surface area contributed by atoms with Crippen molar-refractivity contribution in [2.24, 2.45) is 17.6 Å². The lowest BCUT2D eigenvalue weighted by atomic mass is 9.83. The number of amides is 8. The summed E-state index contributed by atoms with van der Waals surface area (Å²) in [6, 6.07) is 1.10. The highest BCUT2D eigenvalue weighted by molar-refractivity contribution is 9.09. The van der Waals surface area contributed by atoms with Gasteiger partial charge >= 0.3 is 24.2 Å². The summed E-state index contributed by atoms with van der Waals surface area (Å²) >= 11 is 9.92. The number of carbonyl (C=O) groups excluding carboxylic acids is 8. The minimum atomic E-state index is -1.96. The van der Waals surface area contributed by atoms with Crippen molar-refractivity contribution in [1.29, 1.82) is 0 Å². The molecule has 0 unspecified atom stereocenters. The van der Waals surface area contributed by atoms with E-state index in [1.54, 1.807) is 58.1 Å².